The molecule has 0 saturated heterocycles. The van der Waals surface area contributed by atoms with Gasteiger partial charge in [-0.1, -0.05) is 53.7 Å². The normalized spacial score (nSPS) is 14.2. The van der Waals surface area contributed by atoms with Crippen molar-refractivity contribution in [3.05, 3.63) is 107 Å². The number of rotatable bonds is 10. The number of thiazole rings is 1. The lowest BCUT2D eigenvalue weighted by Crippen LogP contribution is -2.40. The van der Waals surface area contributed by atoms with Gasteiger partial charge in [-0.05, 0) is 64.3 Å². The molecular formula is C34H29BrN2O7S. The number of esters is 1. The molecule has 4 aromatic rings. The number of terminal acetylenes is 1. The monoisotopic (exact) mass is 688 g/mol. The topological polar surface area (TPSA) is 97.6 Å². The van der Waals surface area contributed by atoms with Gasteiger partial charge in [0.15, 0.2) is 27.8 Å². The fourth-order valence-electron chi connectivity index (χ4n) is 5.01. The number of ether oxygens (including phenoxy) is 5. The molecule has 2 heterocycles. The average Bonchev–Trinajstić information content (AvgIpc) is 3.37. The Labute approximate surface area is 272 Å². The van der Waals surface area contributed by atoms with Crippen LogP contribution in [0.2, 0.25) is 0 Å². The third-order valence-electron chi connectivity index (χ3n) is 6.95. The van der Waals surface area contributed by atoms with Crippen LogP contribution in [0.25, 0.3) is 11.8 Å². The lowest BCUT2D eigenvalue weighted by atomic mass is 9.93. The van der Waals surface area contributed by atoms with E-state index in [0.717, 1.165) is 0 Å². The molecular weight excluding hydrogens is 660 g/mol. The van der Waals surface area contributed by atoms with Gasteiger partial charge in [-0.25, -0.2) is 9.79 Å². The van der Waals surface area contributed by atoms with E-state index in [-0.39, 0.29) is 24.3 Å². The van der Waals surface area contributed by atoms with Crippen LogP contribution in [0.1, 0.15) is 29.7 Å². The van der Waals surface area contributed by atoms with Gasteiger partial charge in [0.1, 0.15) is 6.61 Å². The number of methoxy groups -OCH3 is 3. The van der Waals surface area contributed by atoms with Crippen molar-refractivity contribution < 1.29 is 28.5 Å². The zero-order chi connectivity index (χ0) is 32.1. The van der Waals surface area contributed by atoms with Crippen molar-refractivity contribution in [3.8, 4) is 35.3 Å². The van der Waals surface area contributed by atoms with E-state index in [9.17, 15) is 9.59 Å². The van der Waals surface area contributed by atoms with Gasteiger partial charge in [0.05, 0.1) is 54.3 Å². The highest BCUT2D eigenvalue weighted by atomic mass is 79.9. The molecule has 1 atom stereocenters. The van der Waals surface area contributed by atoms with Gasteiger partial charge in [-0.15, -0.1) is 6.42 Å². The first-order valence-corrected chi connectivity index (χ1v) is 15.4. The van der Waals surface area contributed by atoms with E-state index in [1.807, 2.05) is 30.3 Å². The van der Waals surface area contributed by atoms with Crippen LogP contribution in [0.4, 0.5) is 0 Å². The standard InChI is InChI=1S/C34H29BrN2O7S/c1-6-15-44-31-23(35)16-20(17-26(31)42-5)18-27-32(38)37-30(22-13-14-24(40-3)25(19-22)41-4)28(33(39)43-7-2)29(36-34(37)45-27)21-11-9-8-10-12-21/h1,8-14,16-19,30H,7,15H2,2-5H3/b27-18-/t30-/m1/s1. The maximum absolute atomic E-state index is 14.3. The van der Waals surface area contributed by atoms with E-state index in [1.54, 1.807) is 50.4 Å². The van der Waals surface area contributed by atoms with Crippen molar-refractivity contribution in [2.24, 2.45) is 4.99 Å². The quantitative estimate of drug-likeness (QED) is 0.176. The summed E-state index contributed by atoms with van der Waals surface area (Å²) in [5, 5.41) is 0. The molecule has 1 aliphatic rings. The second-order valence-electron chi connectivity index (χ2n) is 9.57. The van der Waals surface area contributed by atoms with E-state index < -0.39 is 12.0 Å². The van der Waals surface area contributed by atoms with Gasteiger partial charge in [0, 0.05) is 5.56 Å². The summed E-state index contributed by atoms with van der Waals surface area (Å²) in [5.74, 6) is 3.71. The van der Waals surface area contributed by atoms with E-state index in [2.05, 4.69) is 21.9 Å². The van der Waals surface area contributed by atoms with Crippen molar-refractivity contribution in [1.82, 2.24) is 4.57 Å². The fraction of sp³-hybridized carbons (Fsp3) is 0.206. The largest absolute Gasteiger partial charge is 0.493 e. The van der Waals surface area contributed by atoms with Crippen LogP contribution < -0.4 is 33.8 Å². The molecule has 9 nitrogen and oxygen atoms in total. The molecule has 230 valence electrons. The number of hydrogen-bond donors (Lipinski definition) is 0. The van der Waals surface area contributed by atoms with Gasteiger partial charge < -0.3 is 23.7 Å². The van der Waals surface area contributed by atoms with E-state index >= 15 is 0 Å². The van der Waals surface area contributed by atoms with Crippen LogP contribution in [0, 0.1) is 12.3 Å². The van der Waals surface area contributed by atoms with Crippen LogP contribution in [-0.2, 0) is 9.53 Å². The summed E-state index contributed by atoms with van der Waals surface area (Å²) in [7, 11) is 4.59. The Hall–Kier alpha value is -4.79. The van der Waals surface area contributed by atoms with Gasteiger partial charge in [0.2, 0.25) is 0 Å². The third kappa shape index (κ3) is 6.25. The van der Waals surface area contributed by atoms with Crippen molar-refractivity contribution in [1.29, 1.82) is 0 Å². The summed E-state index contributed by atoms with van der Waals surface area (Å²) < 4.78 is 30.3. The molecule has 0 aliphatic carbocycles. The van der Waals surface area contributed by atoms with Crippen molar-refractivity contribution >= 4 is 45.0 Å². The Morgan fingerprint density at radius 1 is 1.04 bits per heavy atom. The molecule has 11 heteroatoms. The fourth-order valence-corrected chi connectivity index (χ4v) is 6.58. The van der Waals surface area contributed by atoms with Gasteiger partial charge in [-0.2, -0.15) is 0 Å². The van der Waals surface area contributed by atoms with Crippen molar-refractivity contribution in [3.63, 3.8) is 0 Å². The highest BCUT2D eigenvalue weighted by Gasteiger charge is 2.35. The van der Waals surface area contributed by atoms with E-state index in [4.69, 9.17) is 35.1 Å². The predicted molar refractivity (Wildman–Crippen MR) is 176 cm³/mol. The maximum Gasteiger partial charge on any atom is 0.338 e. The molecule has 0 bridgehead atoms. The lowest BCUT2D eigenvalue weighted by Gasteiger charge is -2.26. The molecule has 0 N–H and O–H groups in total. The Morgan fingerprint density at radius 3 is 2.44 bits per heavy atom. The third-order valence-corrected chi connectivity index (χ3v) is 8.52. The minimum absolute atomic E-state index is 0.0651. The molecule has 0 spiro atoms. The number of benzene rings is 3. The molecule has 0 amide bonds. The van der Waals surface area contributed by atoms with Gasteiger partial charge >= 0.3 is 5.97 Å². The SMILES string of the molecule is C#CCOc1c(Br)cc(/C=c2\sc3n(c2=O)[C@H](c2ccc(OC)c(OC)c2)C(C(=O)OCC)=C(c2ccccc2)N=3)cc1OC. The summed E-state index contributed by atoms with van der Waals surface area (Å²) >= 11 is 4.73. The number of halogens is 1. The molecule has 5 rings (SSSR count). The average molecular weight is 690 g/mol. The van der Waals surface area contributed by atoms with E-state index in [1.165, 1.54) is 30.1 Å². The minimum atomic E-state index is -0.877. The summed E-state index contributed by atoms with van der Waals surface area (Å²) in [4.78, 5) is 33.3. The van der Waals surface area contributed by atoms with Crippen molar-refractivity contribution in [2.75, 3.05) is 34.5 Å². The lowest BCUT2D eigenvalue weighted by molar-refractivity contribution is -0.138. The minimum Gasteiger partial charge on any atom is -0.493 e. The zero-order valence-electron chi connectivity index (χ0n) is 25.0. The van der Waals surface area contributed by atoms with Crippen LogP contribution in [-0.4, -0.2) is 45.1 Å². The Bertz CT molecular complexity index is 2010. The first-order chi connectivity index (χ1) is 21.8. The molecule has 45 heavy (non-hydrogen) atoms. The summed E-state index contributed by atoms with van der Waals surface area (Å²) in [6, 6.07) is 17.3. The van der Waals surface area contributed by atoms with Crippen LogP contribution in [0.3, 0.4) is 0 Å². The van der Waals surface area contributed by atoms with Crippen LogP contribution >= 0.6 is 27.3 Å². The summed E-state index contributed by atoms with van der Waals surface area (Å²) in [5.41, 5.74) is 2.31. The number of carbonyl (C=O) groups excluding carboxylic acids is 1. The number of nitrogens with zero attached hydrogens (tertiary/aromatic N) is 2. The number of fused-ring (bicyclic) bond motifs is 1. The molecule has 0 radical (unpaired) electrons. The molecule has 1 aliphatic heterocycles. The Balaban J connectivity index is 1.80. The first-order valence-electron chi connectivity index (χ1n) is 13.8. The molecule has 3 aromatic carbocycles. The second-order valence-corrected chi connectivity index (χ2v) is 11.4. The Morgan fingerprint density at radius 2 is 1.78 bits per heavy atom. The number of carbonyl (C=O) groups is 1. The predicted octanol–water partition coefficient (Wildman–Crippen LogP) is 4.74. The Kier molecular flexibility index (Phi) is 9.76. The smallest absolute Gasteiger partial charge is 0.338 e. The highest BCUT2D eigenvalue weighted by molar-refractivity contribution is 9.10. The van der Waals surface area contributed by atoms with E-state index in [0.29, 0.717) is 59.2 Å². The molecule has 1 aromatic heterocycles. The summed E-state index contributed by atoms with van der Waals surface area (Å²) in [6.07, 6.45) is 7.10. The summed E-state index contributed by atoms with van der Waals surface area (Å²) in [6.45, 7) is 1.94. The molecule has 0 unspecified atom stereocenters. The highest BCUT2D eigenvalue weighted by Crippen LogP contribution is 2.39. The molecule has 0 fully saturated rings. The second kappa shape index (κ2) is 13.9. The zero-order valence-corrected chi connectivity index (χ0v) is 27.4. The molecule has 0 saturated carbocycles. The number of hydrogen-bond acceptors (Lipinski definition) is 9. The van der Waals surface area contributed by atoms with Gasteiger partial charge in [0.25, 0.3) is 5.56 Å². The maximum atomic E-state index is 14.3. The van der Waals surface area contributed by atoms with Crippen molar-refractivity contribution in [2.45, 2.75) is 13.0 Å². The van der Waals surface area contributed by atoms with Crippen LogP contribution in [0.5, 0.6) is 23.0 Å². The first kappa shape index (κ1) is 31.6. The number of aromatic nitrogens is 1. The van der Waals surface area contributed by atoms with Gasteiger partial charge in [-0.3, -0.25) is 9.36 Å². The van der Waals surface area contributed by atoms with Crippen LogP contribution in [0.15, 0.2) is 80.5 Å².